The van der Waals surface area contributed by atoms with Crippen LogP contribution in [0, 0.1) is 5.92 Å². The summed E-state index contributed by atoms with van der Waals surface area (Å²) in [7, 11) is 3.91. The number of aliphatic hydroxyl groups is 1. The highest BCUT2D eigenvalue weighted by molar-refractivity contribution is 8.01. The quantitative estimate of drug-likeness (QED) is 0.360. The molecule has 3 aromatic carbocycles. The second-order valence-corrected chi connectivity index (χ2v) is 12.1. The number of carbonyl (C=O) groups is 2. The number of fused-ring (bicyclic) bond motifs is 1. The number of esters is 1. The summed E-state index contributed by atoms with van der Waals surface area (Å²) in [6.45, 7) is 3.93. The van der Waals surface area contributed by atoms with Gasteiger partial charge in [-0.25, -0.2) is 4.79 Å². The first kappa shape index (κ1) is 25.4. The number of β-lactam (4-membered cyclic amide) rings is 1. The zero-order valence-electron chi connectivity index (χ0n) is 21.4. The first-order valence-electron chi connectivity index (χ1n) is 12.4. The molecule has 3 aromatic rings. The largest absolute Gasteiger partial charge is 0.451 e. The topological polar surface area (TPSA) is 70.1 Å². The first-order valence-corrected chi connectivity index (χ1v) is 13.3. The predicted molar refractivity (Wildman–Crippen MR) is 146 cm³/mol. The molecule has 192 valence electrons. The third kappa shape index (κ3) is 4.62. The van der Waals surface area contributed by atoms with Gasteiger partial charge in [0.05, 0.1) is 17.4 Å². The van der Waals surface area contributed by atoms with Crippen LogP contribution in [0.2, 0.25) is 0 Å². The summed E-state index contributed by atoms with van der Waals surface area (Å²) in [5.74, 6) is -1.26. The Balaban J connectivity index is 1.37. The molecule has 37 heavy (non-hydrogen) atoms. The second kappa shape index (κ2) is 9.88. The molecule has 2 heterocycles. The van der Waals surface area contributed by atoms with Gasteiger partial charge in [-0.3, -0.25) is 4.79 Å². The van der Waals surface area contributed by atoms with Gasteiger partial charge in [0, 0.05) is 24.5 Å². The summed E-state index contributed by atoms with van der Waals surface area (Å²) >= 11 is 1.55. The summed E-state index contributed by atoms with van der Waals surface area (Å²) in [6, 6.07) is 26.1. The average Bonchev–Trinajstić information content (AvgIpc) is 3.15. The molecule has 0 radical (unpaired) electrons. The Bertz CT molecular complexity index is 1220. The van der Waals surface area contributed by atoms with E-state index in [1.807, 2.05) is 118 Å². The number of hydrogen-bond donors (Lipinski definition) is 1. The molecule has 2 aliphatic heterocycles. The number of nitrogens with zero attached hydrogens (tertiary/aromatic N) is 2. The molecule has 0 saturated carbocycles. The Morgan fingerprint density at radius 3 is 1.97 bits per heavy atom. The van der Waals surface area contributed by atoms with Crippen molar-refractivity contribution >= 4 is 29.3 Å². The third-order valence-corrected chi connectivity index (χ3v) is 8.83. The molecule has 4 atom stereocenters. The normalized spacial score (nSPS) is 22.8. The van der Waals surface area contributed by atoms with Crippen LogP contribution in [0.15, 0.2) is 84.9 Å². The average molecular weight is 517 g/mol. The molecule has 5 rings (SSSR count). The predicted octanol–water partition coefficient (Wildman–Crippen LogP) is 4.80. The lowest BCUT2D eigenvalue weighted by atomic mass is 9.85. The van der Waals surface area contributed by atoms with Crippen LogP contribution in [0.4, 0.5) is 5.69 Å². The van der Waals surface area contributed by atoms with E-state index in [9.17, 15) is 14.7 Å². The molecule has 0 aromatic heterocycles. The Hall–Kier alpha value is -3.29. The Kier molecular flexibility index (Phi) is 6.77. The summed E-state index contributed by atoms with van der Waals surface area (Å²) in [6.07, 6.45) is -1.52. The molecule has 2 fully saturated rings. The van der Waals surface area contributed by atoms with Crippen LogP contribution in [0.5, 0.6) is 0 Å². The Morgan fingerprint density at radius 2 is 1.46 bits per heavy atom. The summed E-state index contributed by atoms with van der Waals surface area (Å²) in [5.41, 5.74) is 3.45. The fourth-order valence-electron chi connectivity index (χ4n) is 5.26. The smallest absolute Gasteiger partial charge is 0.331 e. The van der Waals surface area contributed by atoms with Gasteiger partial charge in [0.25, 0.3) is 0 Å². The maximum absolute atomic E-state index is 13.7. The molecule has 7 heteroatoms. The second-order valence-electron chi connectivity index (χ2n) is 10.4. The molecule has 0 spiro atoms. The number of ether oxygens (including phenoxy) is 1. The maximum Gasteiger partial charge on any atom is 0.331 e. The molecule has 2 saturated heterocycles. The number of rotatable bonds is 7. The van der Waals surface area contributed by atoms with Crippen molar-refractivity contribution in [2.24, 2.45) is 5.92 Å². The monoisotopic (exact) mass is 516 g/mol. The molecule has 1 unspecified atom stereocenters. The number of carbonyl (C=O) groups excluding carboxylic acids is 2. The van der Waals surface area contributed by atoms with Crippen molar-refractivity contribution in [2.45, 2.75) is 42.2 Å². The fourth-order valence-corrected chi connectivity index (χ4v) is 6.97. The lowest BCUT2D eigenvalue weighted by Gasteiger charge is -2.46. The van der Waals surface area contributed by atoms with Crippen molar-refractivity contribution in [3.05, 3.63) is 102 Å². The van der Waals surface area contributed by atoms with Crippen LogP contribution < -0.4 is 4.90 Å². The van der Waals surface area contributed by atoms with Gasteiger partial charge < -0.3 is 19.6 Å². The number of benzene rings is 3. The Morgan fingerprint density at radius 1 is 0.919 bits per heavy atom. The minimum absolute atomic E-state index is 0.217. The number of thioether (sulfide) groups is 1. The highest BCUT2D eigenvalue weighted by atomic mass is 32.2. The summed E-state index contributed by atoms with van der Waals surface area (Å²) in [4.78, 5) is 30.7. The number of hydrogen-bond acceptors (Lipinski definition) is 6. The van der Waals surface area contributed by atoms with Gasteiger partial charge in [0.1, 0.15) is 6.04 Å². The number of anilines is 1. The van der Waals surface area contributed by atoms with Crippen LogP contribution >= 0.6 is 11.8 Å². The van der Waals surface area contributed by atoms with Crippen LogP contribution in [0.1, 0.15) is 42.7 Å². The summed E-state index contributed by atoms with van der Waals surface area (Å²) in [5, 5.41) is 10.8. The van der Waals surface area contributed by atoms with Crippen molar-refractivity contribution in [1.29, 1.82) is 0 Å². The summed E-state index contributed by atoms with van der Waals surface area (Å²) < 4.78 is 5.57. The SMILES string of the molecule is CN(C)c1ccc(C(O)[C@@H]2C(=O)N3[C@@H]2SC(C)(C)[C@@H]3C(=O)OC(c2ccccc2)c2ccccc2)cc1. The highest BCUT2D eigenvalue weighted by Crippen LogP contribution is 2.56. The first-order chi connectivity index (χ1) is 17.7. The van der Waals surface area contributed by atoms with E-state index in [-0.39, 0.29) is 11.3 Å². The van der Waals surface area contributed by atoms with Crippen LogP contribution in [-0.2, 0) is 14.3 Å². The van der Waals surface area contributed by atoms with E-state index in [0.717, 1.165) is 16.8 Å². The van der Waals surface area contributed by atoms with Crippen molar-refractivity contribution in [3.63, 3.8) is 0 Å². The van der Waals surface area contributed by atoms with E-state index in [2.05, 4.69) is 0 Å². The Labute approximate surface area is 222 Å². The van der Waals surface area contributed by atoms with E-state index in [1.165, 1.54) is 0 Å². The van der Waals surface area contributed by atoms with Gasteiger partial charge in [-0.15, -0.1) is 11.8 Å². The van der Waals surface area contributed by atoms with Gasteiger partial charge in [0.15, 0.2) is 6.10 Å². The van der Waals surface area contributed by atoms with Crippen molar-refractivity contribution in [3.8, 4) is 0 Å². The molecule has 6 nitrogen and oxygen atoms in total. The van der Waals surface area contributed by atoms with Crippen molar-refractivity contribution < 1.29 is 19.4 Å². The van der Waals surface area contributed by atoms with Gasteiger partial charge >= 0.3 is 5.97 Å². The zero-order valence-corrected chi connectivity index (χ0v) is 22.3. The standard InChI is InChI=1S/C30H32N2O4S/c1-30(2)26(29(35)36-25(20-11-7-5-8-12-20)21-13-9-6-10-14-21)32-27(34)23(28(32)37-30)24(33)19-15-17-22(18-16-19)31(3)4/h5-18,23-26,28,33H,1-4H3/t23-,24?,26+,28-/m1/s1. The van der Waals surface area contributed by atoms with Crippen LogP contribution in [0.3, 0.4) is 0 Å². The zero-order chi connectivity index (χ0) is 26.3. The van der Waals surface area contributed by atoms with E-state index >= 15 is 0 Å². The molecule has 0 aliphatic carbocycles. The molecule has 2 aliphatic rings. The molecule has 1 N–H and O–H groups in total. The van der Waals surface area contributed by atoms with Crippen LogP contribution in [-0.4, -0.2) is 52.1 Å². The fraction of sp³-hybridized carbons (Fsp3) is 0.333. The van der Waals surface area contributed by atoms with Crippen molar-refractivity contribution in [1.82, 2.24) is 4.90 Å². The lowest BCUT2D eigenvalue weighted by Crippen LogP contribution is -2.64. The number of aliphatic hydroxyl groups excluding tert-OH is 1. The van der Waals surface area contributed by atoms with E-state index in [1.54, 1.807) is 16.7 Å². The van der Waals surface area contributed by atoms with Gasteiger partial charge in [-0.1, -0.05) is 72.8 Å². The molecular weight excluding hydrogens is 484 g/mol. The van der Waals surface area contributed by atoms with E-state index < -0.39 is 34.9 Å². The third-order valence-electron chi connectivity index (χ3n) is 7.24. The molecular formula is C30H32N2O4S. The van der Waals surface area contributed by atoms with Gasteiger partial charge in [0.2, 0.25) is 5.91 Å². The van der Waals surface area contributed by atoms with E-state index in [0.29, 0.717) is 5.56 Å². The lowest BCUT2D eigenvalue weighted by molar-refractivity contribution is -0.173. The minimum atomic E-state index is -0.940. The van der Waals surface area contributed by atoms with Crippen molar-refractivity contribution in [2.75, 3.05) is 19.0 Å². The molecule has 0 bridgehead atoms. The minimum Gasteiger partial charge on any atom is -0.451 e. The van der Waals surface area contributed by atoms with Gasteiger partial charge in [-0.2, -0.15) is 0 Å². The van der Waals surface area contributed by atoms with E-state index in [4.69, 9.17) is 4.74 Å². The highest BCUT2D eigenvalue weighted by Gasteiger charge is 2.65. The number of amides is 1. The molecule has 1 amide bonds. The maximum atomic E-state index is 13.7. The van der Waals surface area contributed by atoms with Gasteiger partial charge in [-0.05, 0) is 42.7 Å². The van der Waals surface area contributed by atoms with Crippen LogP contribution in [0.25, 0.3) is 0 Å².